The Balaban J connectivity index is 3.23. The number of carbonyl (C=O) groups excluding carboxylic acids is 1. The van der Waals surface area contributed by atoms with E-state index in [1.807, 2.05) is 0 Å². The predicted octanol–water partition coefficient (Wildman–Crippen LogP) is 4.47. The van der Waals surface area contributed by atoms with E-state index in [2.05, 4.69) is 11.7 Å². The van der Waals surface area contributed by atoms with Crippen molar-refractivity contribution in [2.45, 2.75) is 63.7 Å². The van der Waals surface area contributed by atoms with Crippen molar-refractivity contribution in [2.24, 2.45) is 0 Å². The minimum absolute atomic E-state index is 0.0421. The van der Waals surface area contributed by atoms with Crippen molar-refractivity contribution in [2.75, 3.05) is 6.07 Å². The van der Waals surface area contributed by atoms with E-state index in [0.717, 1.165) is 32.1 Å². The molecule has 0 aliphatic rings. The van der Waals surface area contributed by atoms with Crippen LogP contribution in [0.25, 0.3) is 0 Å². The Bertz CT molecular complexity index is 174. The van der Waals surface area contributed by atoms with Gasteiger partial charge in [0.1, 0.15) is 0 Å². The van der Waals surface area contributed by atoms with Gasteiger partial charge in [0.2, 0.25) is 0 Å². The minimum Gasteiger partial charge on any atom is -0.449 e. The van der Waals surface area contributed by atoms with Crippen molar-refractivity contribution in [1.29, 1.82) is 0 Å². The Labute approximate surface area is 109 Å². The summed E-state index contributed by atoms with van der Waals surface area (Å²) in [7, 11) is 0. The van der Waals surface area contributed by atoms with Crippen LogP contribution in [0.5, 0.6) is 0 Å². The molecule has 0 radical (unpaired) electrons. The third-order valence-electron chi connectivity index (χ3n) is 2.48. The number of carbonyl (C=O) groups is 1. The van der Waals surface area contributed by atoms with Crippen LogP contribution in [-0.4, -0.2) is 17.4 Å². The number of hydrogen-bond acceptors (Lipinski definition) is 2. The minimum atomic E-state index is -0.205. The molecule has 4 heteroatoms. The van der Waals surface area contributed by atoms with E-state index in [4.69, 9.17) is 23.2 Å². The number of halogens is 2. The first kappa shape index (κ1) is 16.1. The van der Waals surface area contributed by atoms with Crippen molar-refractivity contribution in [3.05, 3.63) is 0 Å². The first-order valence-corrected chi connectivity index (χ1v) is 7.03. The molecular weight excluding hydrogens is 247 g/mol. The monoisotopic (exact) mass is 268 g/mol. The summed E-state index contributed by atoms with van der Waals surface area (Å²) in [5.41, 5.74) is 0. The number of alkyl halides is 2. The lowest BCUT2D eigenvalue weighted by Gasteiger charge is -2.07. The van der Waals surface area contributed by atoms with Crippen molar-refractivity contribution >= 4 is 29.2 Å². The maximum Gasteiger partial charge on any atom is 0.306 e. The normalized spacial score (nSPS) is 12.4. The van der Waals surface area contributed by atoms with Gasteiger partial charge in [-0.25, -0.2) is 0 Å². The second-order valence-corrected chi connectivity index (χ2v) is 4.80. The molecule has 0 bridgehead atoms. The van der Waals surface area contributed by atoms with Gasteiger partial charge in [0.15, 0.2) is 6.07 Å². The molecule has 0 heterocycles. The summed E-state index contributed by atoms with van der Waals surface area (Å²) < 4.78 is 4.62. The van der Waals surface area contributed by atoms with Crippen LogP contribution >= 0.6 is 23.2 Å². The highest BCUT2D eigenvalue weighted by atomic mass is 35.5. The van der Waals surface area contributed by atoms with Crippen molar-refractivity contribution in [3.8, 4) is 0 Å². The average Bonchev–Trinajstić information content (AvgIpc) is 2.26. The molecule has 96 valence electrons. The molecule has 0 rings (SSSR count). The van der Waals surface area contributed by atoms with Gasteiger partial charge in [-0.05, 0) is 19.3 Å². The molecule has 0 aromatic rings. The number of hydrogen-bond donors (Lipinski definition) is 0. The fourth-order valence-electron chi connectivity index (χ4n) is 1.51. The van der Waals surface area contributed by atoms with Crippen LogP contribution in [0.4, 0.5) is 0 Å². The standard InChI is InChI=1S/C12H22Cl2O2/c1-2-3-7-11(14)8-5-4-6-9-12(15)16-10-13/h11H,2-10H2,1H3. The van der Waals surface area contributed by atoms with Crippen LogP contribution in [0.3, 0.4) is 0 Å². The summed E-state index contributed by atoms with van der Waals surface area (Å²) in [4.78, 5) is 10.9. The van der Waals surface area contributed by atoms with E-state index < -0.39 is 0 Å². The molecule has 0 N–H and O–H groups in total. The average molecular weight is 269 g/mol. The second-order valence-electron chi connectivity index (χ2n) is 3.96. The Hall–Kier alpha value is 0.0500. The van der Waals surface area contributed by atoms with Gasteiger partial charge in [-0.1, -0.05) is 44.2 Å². The van der Waals surface area contributed by atoms with Gasteiger partial charge in [-0.15, -0.1) is 11.6 Å². The Kier molecular flexibility index (Phi) is 11.6. The lowest BCUT2D eigenvalue weighted by atomic mass is 10.1. The van der Waals surface area contributed by atoms with E-state index in [0.29, 0.717) is 11.8 Å². The van der Waals surface area contributed by atoms with E-state index in [1.165, 1.54) is 12.8 Å². The third-order valence-corrected chi connectivity index (χ3v) is 3.03. The second kappa shape index (κ2) is 11.5. The van der Waals surface area contributed by atoms with Gasteiger partial charge >= 0.3 is 5.97 Å². The van der Waals surface area contributed by atoms with E-state index in [9.17, 15) is 4.79 Å². The zero-order valence-corrected chi connectivity index (χ0v) is 11.5. The summed E-state index contributed by atoms with van der Waals surface area (Å²) in [5, 5.41) is 0.301. The molecular formula is C12H22Cl2O2. The maximum absolute atomic E-state index is 10.9. The van der Waals surface area contributed by atoms with Crippen molar-refractivity contribution in [3.63, 3.8) is 0 Å². The number of unbranched alkanes of at least 4 members (excludes halogenated alkanes) is 3. The summed E-state index contributed by atoms with van der Waals surface area (Å²) in [5.74, 6) is -0.205. The summed E-state index contributed by atoms with van der Waals surface area (Å²) >= 11 is 11.4. The van der Waals surface area contributed by atoms with Gasteiger partial charge in [0.05, 0.1) is 0 Å². The van der Waals surface area contributed by atoms with E-state index in [-0.39, 0.29) is 12.0 Å². The first-order chi connectivity index (χ1) is 7.70. The molecule has 0 aromatic carbocycles. The largest absolute Gasteiger partial charge is 0.449 e. The highest BCUT2D eigenvalue weighted by Gasteiger charge is 2.05. The molecule has 0 saturated heterocycles. The van der Waals surface area contributed by atoms with Gasteiger partial charge in [0.25, 0.3) is 0 Å². The SMILES string of the molecule is CCCCC(Cl)CCCCCC(=O)OCCl. The van der Waals surface area contributed by atoms with Crippen LogP contribution in [-0.2, 0) is 9.53 Å². The van der Waals surface area contributed by atoms with E-state index >= 15 is 0 Å². The number of esters is 1. The predicted molar refractivity (Wildman–Crippen MR) is 69.1 cm³/mol. The van der Waals surface area contributed by atoms with Gasteiger partial charge in [-0.2, -0.15) is 0 Å². The number of ether oxygens (including phenoxy) is 1. The Morgan fingerprint density at radius 1 is 1.19 bits per heavy atom. The fraction of sp³-hybridized carbons (Fsp3) is 0.917. The molecule has 1 atom stereocenters. The quantitative estimate of drug-likeness (QED) is 0.332. The molecule has 1 unspecified atom stereocenters. The fourth-order valence-corrected chi connectivity index (χ4v) is 1.95. The molecule has 0 aliphatic carbocycles. The van der Waals surface area contributed by atoms with Crippen molar-refractivity contribution in [1.82, 2.24) is 0 Å². The molecule has 0 aliphatic heterocycles. The summed E-state index contributed by atoms with van der Waals surface area (Å²) in [6.07, 6.45) is 8.02. The topological polar surface area (TPSA) is 26.3 Å². The van der Waals surface area contributed by atoms with Crippen LogP contribution in [0, 0.1) is 0 Å². The molecule has 2 nitrogen and oxygen atoms in total. The Morgan fingerprint density at radius 2 is 1.88 bits per heavy atom. The van der Waals surface area contributed by atoms with Gasteiger partial charge in [-0.3, -0.25) is 4.79 Å². The van der Waals surface area contributed by atoms with Crippen LogP contribution in [0.2, 0.25) is 0 Å². The highest BCUT2D eigenvalue weighted by molar-refractivity contribution is 6.20. The zero-order chi connectivity index (χ0) is 12.2. The smallest absolute Gasteiger partial charge is 0.306 e. The third kappa shape index (κ3) is 10.6. The lowest BCUT2D eigenvalue weighted by Crippen LogP contribution is -2.03. The molecule has 0 aromatic heterocycles. The summed E-state index contributed by atoms with van der Waals surface area (Å²) in [6.45, 7) is 2.17. The first-order valence-electron chi connectivity index (χ1n) is 6.06. The van der Waals surface area contributed by atoms with Crippen LogP contribution < -0.4 is 0 Å². The molecule has 0 fully saturated rings. The maximum atomic E-state index is 10.9. The van der Waals surface area contributed by atoms with Crippen molar-refractivity contribution < 1.29 is 9.53 Å². The number of rotatable bonds is 10. The molecule has 0 amide bonds. The summed E-state index contributed by atoms with van der Waals surface area (Å²) in [6, 6.07) is -0.0421. The zero-order valence-electron chi connectivity index (χ0n) is 10.0. The molecule has 0 saturated carbocycles. The molecule has 0 spiro atoms. The molecule has 16 heavy (non-hydrogen) atoms. The van der Waals surface area contributed by atoms with Crippen LogP contribution in [0.15, 0.2) is 0 Å². The highest BCUT2D eigenvalue weighted by Crippen LogP contribution is 2.15. The Morgan fingerprint density at radius 3 is 2.50 bits per heavy atom. The van der Waals surface area contributed by atoms with Crippen LogP contribution in [0.1, 0.15) is 58.3 Å². The van der Waals surface area contributed by atoms with Gasteiger partial charge < -0.3 is 4.74 Å². The van der Waals surface area contributed by atoms with E-state index in [1.54, 1.807) is 0 Å². The lowest BCUT2D eigenvalue weighted by molar-refractivity contribution is -0.141. The van der Waals surface area contributed by atoms with Gasteiger partial charge in [0, 0.05) is 11.8 Å².